The lowest BCUT2D eigenvalue weighted by Gasteiger charge is -2.26. The Bertz CT molecular complexity index is 1520. The summed E-state index contributed by atoms with van der Waals surface area (Å²) in [5.74, 6) is 7.17. The molecule has 1 fully saturated rings. The highest BCUT2D eigenvalue weighted by molar-refractivity contribution is 5.88. The summed E-state index contributed by atoms with van der Waals surface area (Å²) in [5.41, 5.74) is 1.94. The summed E-state index contributed by atoms with van der Waals surface area (Å²) in [7, 11) is 0. The number of hydrogen-bond donors (Lipinski definition) is 2. The van der Waals surface area contributed by atoms with Gasteiger partial charge in [0.05, 0.1) is 17.8 Å². The van der Waals surface area contributed by atoms with E-state index in [1.165, 1.54) is 4.68 Å². The van der Waals surface area contributed by atoms with Crippen LogP contribution in [-0.4, -0.2) is 58.7 Å². The molecule has 1 saturated carbocycles. The molecule has 0 atom stereocenters. The second-order valence-corrected chi connectivity index (χ2v) is 10.2. The number of nitrogens with one attached hydrogen (secondary N) is 1. The minimum Gasteiger partial charge on any atom is -0.442 e. The third-order valence-corrected chi connectivity index (χ3v) is 6.04. The van der Waals surface area contributed by atoms with Crippen molar-refractivity contribution in [2.75, 3.05) is 5.32 Å². The number of fused-ring (bicyclic) bond motifs is 1. The molecule has 2 N–H and O–H groups in total. The van der Waals surface area contributed by atoms with Gasteiger partial charge in [-0.05, 0) is 82.7 Å². The van der Waals surface area contributed by atoms with Crippen LogP contribution in [0.25, 0.3) is 22.4 Å². The van der Waals surface area contributed by atoms with Crippen molar-refractivity contribution in [1.82, 2.24) is 29.7 Å². The number of benzene rings is 1. The van der Waals surface area contributed by atoms with E-state index in [2.05, 4.69) is 42.2 Å². The number of nitrogens with zero attached hydrogens (tertiary/aromatic N) is 6. The van der Waals surface area contributed by atoms with E-state index in [-0.39, 0.29) is 12.1 Å². The molecule has 10 nitrogen and oxygen atoms in total. The molecule has 1 aliphatic carbocycles. The molecule has 0 aliphatic heterocycles. The minimum atomic E-state index is -0.610. The van der Waals surface area contributed by atoms with E-state index in [0.717, 1.165) is 36.6 Å². The van der Waals surface area contributed by atoms with Crippen molar-refractivity contribution in [2.45, 2.75) is 64.2 Å². The number of aliphatic hydroxyl groups excluding tert-OH is 1. The zero-order valence-electron chi connectivity index (χ0n) is 21.5. The summed E-state index contributed by atoms with van der Waals surface area (Å²) >= 11 is 0. The molecule has 38 heavy (non-hydrogen) atoms. The predicted molar refractivity (Wildman–Crippen MR) is 142 cm³/mol. The zero-order valence-corrected chi connectivity index (χ0v) is 21.5. The summed E-state index contributed by atoms with van der Waals surface area (Å²) in [5, 5.41) is 18.0. The number of anilines is 1. The van der Waals surface area contributed by atoms with Gasteiger partial charge in [-0.3, -0.25) is 0 Å². The van der Waals surface area contributed by atoms with E-state index in [0.29, 0.717) is 28.7 Å². The van der Waals surface area contributed by atoms with E-state index in [1.807, 2.05) is 32.9 Å². The minimum absolute atomic E-state index is 0.214. The van der Waals surface area contributed by atoms with Crippen LogP contribution in [-0.2, 0) is 4.74 Å². The molecule has 5 rings (SSSR count). The van der Waals surface area contributed by atoms with E-state index in [9.17, 15) is 9.90 Å². The lowest BCUT2D eigenvalue weighted by Crippen LogP contribution is -2.28. The van der Waals surface area contributed by atoms with Crippen LogP contribution in [0.2, 0.25) is 0 Å². The molecular weight excluding hydrogens is 482 g/mol. The quantitative estimate of drug-likeness (QED) is 0.389. The fourth-order valence-electron chi connectivity index (χ4n) is 4.20. The van der Waals surface area contributed by atoms with Crippen molar-refractivity contribution in [3.63, 3.8) is 0 Å². The van der Waals surface area contributed by atoms with Crippen LogP contribution in [0.4, 0.5) is 10.7 Å². The largest absolute Gasteiger partial charge is 0.442 e. The second-order valence-electron chi connectivity index (χ2n) is 10.2. The SMILES string of the molecule is CC(C)(C)OC(=O)n1ncc2cc(C#Cc3ccnc(-c4ccnc(N[C@H]5CC[C@H](O)CC5)n4)n3)ccc21. The molecular formula is C28H29N7O3. The molecule has 0 spiro atoms. The molecule has 10 heteroatoms. The normalized spacial score (nSPS) is 17.5. The van der Waals surface area contributed by atoms with Crippen molar-refractivity contribution < 1.29 is 14.6 Å². The molecule has 4 aromatic rings. The Kier molecular flexibility index (Phi) is 7.03. The Morgan fingerprint density at radius 1 is 1.05 bits per heavy atom. The number of carbonyl (C=O) groups is 1. The summed E-state index contributed by atoms with van der Waals surface area (Å²) in [4.78, 5) is 30.3. The highest BCUT2D eigenvalue weighted by Gasteiger charge is 2.21. The second kappa shape index (κ2) is 10.6. The van der Waals surface area contributed by atoms with Gasteiger partial charge >= 0.3 is 6.09 Å². The Hall–Kier alpha value is -4.36. The molecule has 3 aromatic heterocycles. The molecule has 0 amide bonds. The fourth-order valence-corrected chi connectivity index (χ4v) is 4.20. The van der Waals surface area contributed by atoms with Gasteiger partial charge in [-0.25, -0.2) is 24.7 Å². The monoisotopic (exact) mass is 511 g/mol. The summed E-state index contributed by atoms with van der Waals surface area (Å²) in [6, 6.07) is 9.23. The summed E-state index contributed by atoms with van der Waals surface area (Å²) in [6.07, 6.45) is 7.52. The van der Waals surface area contributed by atoms with Crippen LogP contribution in [0.15, 0.2) is 48.9 Å². The lowest BCUT2D eigenvalue weighted by atomic mass is 9.93. The van der Waals surface area contributed by atoms with Crippen LogP contribution in [0.1, 0.15) is 57.7 Å². The Labute approximate surface area is 220 Å². The van der Waals surface area contributed by atoms with Gasteiger partial charge in [-0.1, -0.05) is 5.92 Å². The molecule has 0 unspecified atom stereocenters. The van der Waals surface area contributed by atoms with Crippen LogP contribution in [0.5, 0.6) is 0 Å². The first-order chi connectivity index (χ1) is 18.2. The molecule has 1 aliphatic rings. The van der Waals surface area contributed by atoms with Crippen molar-refractivity contribution in [2.24, 2.45) is 0 Å². The maximum atomic E-state index is 12.4. The summed E-state index contributed by atoms with van der Waals surface area (Å²) in [6.45, 7) is 5.44. The maximum Gasteiger partial charge on any atom is 0.435 e. The van der Waals surface area contributed by atoms with Crippen LogP contribution in [0, 0.1) is 11.8 Å². The average molecular weight is 512 g/mol. The van der Waals surface area contributed by atoms with Gasteiger partial charge in [0.1, 0.15) is 17.0 Å². The number of aromatic nitrogens is 6. The average Bonchev–Trinajstić information content (AvgIpc) is 3.32. The highest BCUT2D eigenvalue weighted by atomic mass is 16.6. The van der Waals surface area contributed by atoms with Crippen molar-refractivity contribution in [3.05, 3.63) is 60.2 Å². The molecule has 0 bridgehead atoms. The Morgan fingerprint density at radius 3 is 2.63 bits per heavy atom. The zero-order chi connectivity index (χ0) is 26.7. The standard InChI is InChI=1S/C28H29N7O3/c1-28(2,3)38-27(37)35-24-11-5-18(16-19(24)17-31-35)4-6-21-12-14-29-25(32-21)23-13-15-30-26(34-23)33-20-7-9-22(36)10-8-20/h5,11-17,20,22,36H,7-10H2,1-3H3,(H,30,33,34)/t20-,22-. The van der Waals surface area contributed by atoms with Gasteiger partial charge in [0.15, 0.2) is 5.82 Å². The van der Waals surface area contributed by atoms with Crippen LogP contribution >= 0.6 is 0 Å². The fraction of sp³-hybridized carbons (Fsp3) is 0.357. The number of hydrogen-bond acceptors (Lipinski definition) is 9. The van der Waals surface area contributed by atoms with Crippen LogP contribution in [0.3, 0.4) is 0 Å². The van der Waals surface area contributed by atoms with Gasteiger partial charge < -0.3 is 15.2 Å². The molecule has 0 radical (unpaired) electrons. The first-order valence-corrected chi connectivity index (χ1v) is 12.6. The van der Waals surface area contributed by atoms with E-state index in [4.69, 9.17) is 4.74 Å². The molecule has 0 saturated heterocycles. The molecule has 3 heterocycles. The van der Waals surface area contributed by atoms with Crippen LogP contribution < -0.4 is 5.32 Å². The third kappa shape index (κ3) is 6.12. The highest BCUT2D eigenvalue weighted by Crippen LogP contribution is 2.22. The van der Waals surface area contributed by atoms with Crippen molar-refractivity contribution in [3.8, 4) is 23.4 Å². The molecule has 1 aromatic carbocycles. The number of aliphatic hydroxyl groups is 1. The predicted octanol–water partition coefficient (Wildman–Crippen LogP) is 4.18. The number of carbonyl (C=O) groups excluding carboxylic acids is 1. The Morgan fingerprint density at radius 2 is 1.84 bits per heavy atom. The third-order valence-electron chi connectivity index (χ3n) is 6.04. The summed E-state index contributed by atoms with van der Waals surface area (Å²) < 4.78 is 6.67. The van der Waals surface area contributed by atoms with Gasteiger partial charge in [-0.2, -0.15) is 9.78 Å². The first kappa shape index (κ1) is 25.3. The van der Waals surface area contributed by atoms with Gasteiger partial charge in [0.25, 0.3) is 0 Å². The van der Waals surface area contributed by atoms with Gasteiger partial charge in [0.2, 0.25) is 5.95 Å². The Balaban J connectivity index is 1.32. The molecule has 194 valence electrons. The van der Waals surface area contributed by atoms with E-state index in [1.54, 1.807) is 36.8 Å². The number of rotatable bonds is 3. The first-order valence-electron chi connectivity index (χ1n) is 12.6. The van der Waals surface area contributed by atoms with Crippen molar-refractivity contribution >= 4 is 22.9 Å². The maximum absolute atomic E-state index is 12.4. The van der Waals surface area contributed by atoms with Gasteiger partial charge in [0, 0.05) is 29.4 Å². The van der Waals surface area contributed by atoms with Gasteiger partial charge in [-0.15, -0.1) is 0 Å². The number of ether oxygens (including phenoxy) is 1. The van der Waals surface area contributed by atoms with E-state index < -0.39 is 11.7 Å². The van der Waals surface area contributed by atoms with E-state index >= 15 is 0 Å². The van der Waals surface area contributed by atoms with Crippen molar-refractivity contribution in [1.29, 1.82) is 0 Å². The topological polar surface area (TPSA) is 128 Å². The lowest BCUT2D eigenvalue weighted by molar-refractivity contribution is 0.0522. The smallest absolute Gasteiger partial charge is 0.435 e.